The van der Waals surface area contributed by atoms with Gasteiger partial charge in [-0.05, 0) is 55.4 Å². The van der Waals surface area contributed by atoms with E-state index in [1.165, 1.54) is 13.8 Å². The van der Waals surface area contributed by atoms with Gasteiger partial charge in [-0.3, -0.25) is 24.0 Å². The Morgan fingerprint density at radius 3 is 1.61 bits per heavy atom. The van der Waals surface area contributed by atoms with Crippen LogP contribution in [0.4, 0.5) is 4.79 Å². The lowest BCUT2D eigenvalue weighted by atomic mass is 10.0. The Kier molecular flexibility index (Phi) is 10.7. The van der Waals surface area contributed by atoms with Crippen LogP contribution in [0, 0.1) is 23.7 Å². The molecule has 0 aromatic carbocycles. The predicted molar refractivity (Wildman–Crippen MR) is 137 cm³/mol. The van der Waals surface area contributed by atoms with Gasteiger partial charge in [-0.2, -0.15) is 0 Å². The molecule has 41 heavy (non-hydrogen) atoms. The number of ether oxygens (including phenoxy) is 5. The molecule has 3 aliphatic carbocycles. The molecule has 1 N–H and O–H groups in total. The number of esters is 2. The highest BCUT2D eigenvalue weighted by Gasteiger charge is 2.42. The molecular formula is C28H39NO12. The van der Waals surface area contributed by atoms with Crippen molar-refractivity contribution >= 4 is 29.9 Å². The number of imide groups is 1. The van der Waals surface area contributed by atoms with Crippen molar-refractivity contribution in [3.05, 3.63) is 12.2 Å². The molecule has 0 aromatic heterocycles. The fourth-order valence-electron chi connectivity index (χ4n) is 6.14. The normalized spacial score (nSPS) is 34.7. The van der Waals surface area contributed by atoms with E-state index in [0.29, 0.717) is 48.4 Å². The van der Waals surface area contributed by atoms with E-state index in [2.05, 4.69) is 4.84 Å². The lowest BCUT2D eigenvalue weighted by molar-refractivity contribution is -0.178. The van der Waals surface area contributed by atoms with Crippen molar-refractivity contribution in [3.63, 3.8) is 0 Å². The van der Waals surface area contributed by atoms with Crippen LogP contribution in [0.25, 0.3) is 0 Å². The summed E-state index contributed by atoms with van der Waals surface area (Å²) in [5, 5.41) is 9.44. The molecule has 0 spiro atoms. The van der Waals surface area contributed by atoms with Crippen LogP contribution < -0.4 is 0 Å². The molecule has 0 radical (unpaired) electrons. The average molecular weight is 582 g/mol. The lowest BCUT2D eigenvalue weighted by Gasteiger charge is -2.16. The molecule has 228 valence electrons. The van der Waals surface area contributed by atoms with Crippen molar-refractivity contribution in [3.8, 4) is 0 Å². The molecule has 3 heterocycles. The number of hydrogen-bond acceptors (Lipinski definition) is 12. The highest BCUT2D eigenvalue weighted by atomic mass is 16.8. The summed E-state index contributed by atoms with van der Waals surface area (Å²) in [5.74, 6) is 0.714. The third kappa shape index (κ3) is 8.98. The summed E-state index contributed by atoms with van der Waals surface area (Å²) < 4.78 is 25.7. The molecule has 2 amide bonds. The van der Waals surface area contributed by atoms with Crippen molar-refractivity contribution in [1.82, 2.24) is 5.06 Å². The molecule has 6 aliphatic rings. The number of amides is 2. The first-order valence-corrected chi connectivity index (χ1v) is 14.2. The molecule has 5 fully saturated rings. The van der Waals surface area contributed by atoms with Gasteiger partial charge < -0.3 is 28.8 Å². The number of hydrogen-bond donors (Lipinski definition) is 1. The maximum Gasteiger partial charge on any atom is 0.534 e. The Bertz CT molecular complexity index is 974. The minimum Gasteiger partial charge on any atom is -0.463 e. The fourth-order valence-corrected chi connectivity index (χ4v) is 6.14. The van der Waals surface area contributed by atoms with Gasteiger partial charge in [0.15, 0.2) is 0 Å². The Hall–Kier alpha value is -3.03. The van der Waals surface area contributed by atoms with E-state index >= 15 is 0 Å². The minimum atomic E-state index is -0.977. The molecule has 8 atom stereocenters. The fraction of sp³-hybridized carbons (Fsp3) is 0.750. The number of carbonyl (C=O) groups is 5. The number of aliphatic hydroxyl groups is 1. The summed E-state index contributed by atoms with van der Waals surface area (Å²) >= 11 is 0. The topological polar surface area (TPSA) is 164 Å². The summed E-state index contributed by atoms with van der Waals surface area (Å²) in [7, 11) is 0. The Morgan fingerprint density at radius 2 is 1.20 bits per heavy atom. The Morgan fingerprint density at radius 1 is 0.732 bits per heavy atom. The van der Waals surface area contributed by atoms with E-state index in [1.807, 2.05) is 0 Å². The Labute approximate surface area is 238 Å². The zero-order valence-corrected chi connectivity index (χ0v) is 23.4. The van der Waals surface area contributed by atoms with Crippen LogP contribution in [0.1, 0.15) is 58.8 Å². The summed E-state index contributed by atoms with van der Waals surface area (Å²) in [6.07, 6.45) is 5.83. The van der Waals surface area contributed by atoms with Crippen LogP contribution in [0.3, 0.4) is 0 Å². The van der Waals surface area contributed by atoms with Gasteiger partial charge in [0.2, 0.25) is 0 Å². The number of nitrogens with zero attached hydrogens (tertiary/aromatic N) is 1. The molecule has 2 unspecified atom stereocenters. The largest absolute Gasteiger partial charge is 0.534 e. The molecule has 6 rings (SSSR count). The zero-order valence-electron chi connectivity index (χ0n) is 23.4. The first kappa shape index (κ1) is 30.9. The zero-order chi connectivity index (χ0) is 29.5. The van der Waals surface area contributed by atoms with Crippen LogP contribution in [-0.2, 0) is 47.7 Å². The number of fused-ring (bicyclic) bond motifs is 2. The standard InChI is InChI=1S/C12H15NO6.C9H14O3.C7H10O3/c14-10-1-2-11(15)13(10)19-12(16)18-9-3-7-5-17-6-8(7)4-9;1-6(10)12-9-2-7-4-11-5-8(7)3-9;1-5(8)10-7-3-2-6(9)4-7/h7-9H,1-6H2;7-9H,2-5H2,1H3;2-3,6-7,9H,4H2,1H3/t2*7-,8+,9?;6-,7+/m..1/s1. The third-order valence-corrected chi connectivity index (χ3v) is 8.03. The maximum atomic E-state index is 11.5. The van der Waals surface area contributed by atoms with Crippen molar-refractivity contribution in [2.45, 2.75) is 83.2 Å². The average Bonchev–Trinajstić information content (AvgIpc) is 3.71. The van der Waals surface area contributed by atoms with Gasteiger partial charge in [0.05, 0.1) is 6.10 Å². The van der Waals surface area contributed by atoms with Crippen molar-refractivity contribution in [2.75, 3.05) is 26.4 Å². The number of carbonyl (C=O) groups excluding carboxylic acids is 5. The first-order chi connectivity index (χ1) is 19.6. The quantitative estimate of drug-likeness (QED) is 0.222. The summed E-state index contributed by atoms with van der Waals surface area (Å²) in [6, 6.07) is 0. The number of hydroxylamine groups is 2. The van der Waals surface area contributed by atoms with Crippen LogP contribution in [0.5, 0.6) is 0 Å². The highest BCUT2D eigenvalue weighted by Crippen LogP contribution is 2.39. The third-order valence-electron chi connectivity index (χ3n) is 8.03. The molecular weight excluding hydrogens is 542 g/mol. The van der Waals surface area contributed by atoms with Gasteiger partial charge in [-0.15, -0.1) is 0 Å². The molecule has 13 heteroatoms. The Balaban J connectivity index is 0.000000152. The molecule has 0 aromatic rings. The molecule has 3 aliphatic heterocycles. The smallest absolute Gasteiger partial charge is 0.463 e. The van der Waals surface area contributed by atoms with Crippen molar-refractivity contribution < 1.29 is 57.6 Å². The van der Waals surface area contributed by atoms with Gasteiger partial charge in [-0.1, -0.05) is 11.1 Å². The molecule has 2 saturated carbocycles. The van der Waals surface area contributed by atoms with E-state index < -0.39 is 24.1 Å². The van der Waals surface area contributed by atoms with E-state index in [4.69, 9.17) is 28.8 Å². The lowest BCUT2D eigenvalue weighted by Crippen LogP contribution is -2.33. The van der Waals surface area contributed by atoms with E-state index in [-0.39, 0.29) is 43.1 Å². The van der Waals surface area contributed by atoms with Gasteiger partial charge in [0, 0.05) is 59.5 Å². The molecule has 3 saturated heterocycles. The van der Waals surface area contributed by atoms with Crippen LogP contribution in [-0.4, -0.2) is 90.9 Å². The van der Waals surface area contributed by atoms with Crippen LogP contribution in [0.2, 0.25) is 0 Å². The summed E-state index contributed by atoms with van der Waals surface area (Å²) in [5.41, 5.74) is 0. The van der Waals surface area contributed by atoms with Gasteiger partial charge in [0.1, 0.15) is 18.3 Å². The summed E-state index contributed by atoms with van der Waals surface area (Å²) in [4.78, 5) is 59.8. The van der Waals surface area contributed by atoms with Crippen LogP contribution >= 0.6 is 0 Å². The second kappa shape index (κ2) is 14.2. The monoisotopic (exact) mass is 581 g/mol. The molecule has 13 nitrogen and oxygen atoms in total. The van der Waals surface area contributed by atoms with Crippen molar-refractivity contribution in [1.29, 1.82) is 0 Å². The second-order valence-electron chi connectivity index (χ2n) is 11.3. The van der Waals surface area contributed by atoms with Crippen LogP contribution in [0.15, 0.2) is 12.2 Å². The van der Waals surface area contributed by atoms with Gasteiger partial charge in [0.25, 0.3) is 11.8 Å². The number of aliphatic hydroxyl groups excluding tert-OH is 1. The maximum absolute atomic E-state index is 11.5. The highest BCUT2D eigenvalue weighted by molar-refractivity contribution is 6.01. The van der Waals surface area contributed by atoms with Gasteiger partial charge in [-0.25, -0.2) is 4.79 Å². The van der Waals surface area contributed by atoms with E-state index in [0.717, 1.165) is 38.9 Å². The molecule has 0 bridgehead atoms. The summed E-state index contributed by atoms with van der Waals surface area (Å²) in [6.45, 7) is 5.99. The van der Waals surface area contributed by atoms with Gasteiger partial charge >= 0.3 is 18.1 Å². The van der Waals surface area contributed by atoms with E-state index in [9.17, 15) is 24.0 Å². The second-order valence-corrected chi connectivity index (χ2v) is 11.3. The number of rotatable bonds is 4. The SMILES string of the molecule is CC(=O)OC1C[C@H]2COC[C@H]2C1.CC(=O)O[C@H]1C=C[C@@H](O)C1.O=C(OC1C[C@H]2COC[C@H]2C1)ON1C(=O)CCC1=O. The van der Waals surface area contributed by atoms with Crippen molar-refractivity contribution in [2.24, 2.45) is 23.7 Å². The minimum absolute atomic E-state index is 0.0804. The first-order valence-electron chi connectivity index (χ1n) is 14.2. The van der Waals surface area contributed by atoms with E-state index in [1.54, 1.807) is 12.2 Å². The predicted octanol–water partition coefficient (Wildman–Crippen LogP) is 1.84.